The highest BCUT2D eigenvalue weighted by Gasteiger charge is 2.31. The summed E-state index contributed by atoms with van der Waals surface area (Å²) in [5, 5.41) is 11.5. The van der Waals surface area contributed by atoms with Gasteiger partial charge in [0.2, 0.25) is 10.0 Å². The number of carbonyl (C=O) groups is 1. The molecule has 0 aliphatic carbocycles. The van der Waals surface area contributed by atoms with Crippen LogP contribution in [0.5, 0.6) is 0 Å². The zero-order valence-electron chi connectivity index (χ0n) is 15.6. The Hall–Kier alpha value is -3.31. The standard InChI is InChI=1S/C19H17FN4O5S/c20-13-2-1-3-15(10-13)30(28,29)23-8-6-22(7-9-23)19(25)17-12-21-18-5-4-14(24(26)27)11-16(17)18/h1-5,10-12,21H,6-9H2. The molecule has 1 amide bonds. The molecular formula is C19H17FN4O5S. The summed E-state index contributed by atoms with van der Waals surface area (Å²) >= 11 is 0. The molecule has 1 saturated heterocycles. The van der Waals surface area contributed by atoms with Crippen LogP contribution in [0.25, 0.3) is 10.9 Å². The lowest BCUT2D eigenvalue weighted by Crippen LogP contribution is -2.50. The van der Waals surface area contributed by atoms with Gasteiger partial charge in [0.05, 0.1) is 15.4 Å². The van der Waals surface area contributed by atoms with E-state index in [1.165, 1.54) is 51.8 Å². The molecule has 0 atom stereocenters. The van der Waals surface area contributed by atoms with Crippen LogP contribution in [0.15, 0.2) is 53.6 Å². The summed E-state index contributed by atoms with van der Waals surface area (Å²) in [6.07, 6.45) is 1.49. The molecule has 0 spiro atoms. The Morgan fingerprint density at radius 2 is 1.83 bits per heavy atom. The molecule has 0 saturated carbocycles. The van der Waals surface area contributed by atoms with Gasteiger partial charge >= 0.3 is 0 Å². The number of non-ortho nitro benzene ring substituents is 1. The molecule has 3 aromatic rings. The van der Waals surface area contributed by atoms with Gasteiger partial charge in [0, 0.05) is 55.4 Å². The quantitative estimate of drug-likeness (QED) is 0.502. The molecule has 1 fully saturated rings. The largest absolute Gasteiger partial charge is 0.360 e. The number of nitro groups is 1. The average Bonchev–Trinajstić information content (AvgIpc) is 3.16. The maximum Gasteiger partial charge on any atom is 0.270 e. The molecule has 30 heavy (non-hydrogen) atoms. The molecule has 156 valence electrons. The summed E-state index contributed by atoms with van der Waals surface area (Å²) in [5.74, 6) is -0.983. The maximum absolute atomic E-state index is 13.4. The van der Waals surface area contributed by atoms with Crippen LogP contribution in [0.2, 0.25) is 0 Å². The number of H-pyrrole nitrogens is 1. The summed E-state index contributed by atoms with van der Waals surface area (Å²) in [6.45, 7) is 0.421. The topological polar surface area (TPSA) is 117 Å². The minimum absolute atomic E-state index is 0.0626. The van der Waals surface area contributed by atoms with Crippen molar-refractivity contribution in [1.29, 1.82) is 0 Å². The third kappa shape index (κ3) is 3.53. The van der Waals surface area contributed by atoms with Crippen molar-refractivity contribution in [2.75, 3.05) is 26.2 Å². The van der Waals surface area contributed by atoms with Crippen LogP contribution in [0.4, 0.5) is 10.1 Å². The number of benzene rings is 2. The van der Waals surface area contributed by atoms with E-state index in [1.54, 1.807) is 0 Å². The number of aromatic amines is 1. The lowest BCUT2D eigenvalue weighted by atomic mass is 10.1. The van der Waals surface area contributed by atoms with E-state index in [2.05, 4.69) is 4.98 Å². The van der Waals surface area contributed by atoms with E-state index >= 15 is 0 Å². The molecule has 11 heteroatoms. The molecule has 2 heterocycles. The zero-order chi connectivity index (χ0) is 21.5. The Bertz CT molecular complexity index is 1250. The summed E-state index contributed by atoms with van der Waals surface area (Å²) in [7, 11) is -3.86. The molecule has 1 aliphatic rings. The first-order chi connectivity index (χ1) is 14.3. The van der Waals surface area contributed by atoms with Crippen molar-refractivity contribution in [3.8, 4) is 0 Å². The van der Waals surface area contributed by atoms with Gasteiger partial charge in [-0.3, -0.25) is 14.9 Å². The smallest absolute Gasteiger partial charge is 0.270 e. The highest BCUT2D eigenvalue weighted by Crippen LogP contribution is 2.26. The van der Waals surface area contributed by atoms with Crippen LogP contribution < -0.4 is 0 Å². The van der Waals surface area contributed by atoms with Crippen molar-refractivity contribution in [1.82, 2.24) is 14.2 Å². The second-order valence-corrected chi connectivity index (χ2v) is 8.78. The van der Waals surface area contributed by atoms with Crippen molar-refractivity contribution in [2.45, 2.75) is 4.90 Å². The third-order valence-corrected chi connectivity index (χ3v) is 6.96. The SMILES string of the molecule is O=C(c1c[nH]c2ccc([N+](=O)[O-])cc12)N1CCN(S(=O)(=O)c2cccc(F)c2)CC1. The van der Waals surface area contributed by atoms with Gasteiger partial charge in [0.15, 0.2) is 0 Å². The van der Waals surface area contributed by atoms with E-state index in [9.17, 15) is 27.7 Å². The highest BCUT2D eigenvalue weighted by molar-refractivity contribution is 7.89. The highest BCUT2D eigenvalue weighted by atomic mass is 32.2. The van der Waals surface area contributed by atoms with Gasteiger partial charge in [-0.2, -0.15) is 4.31 Å². The van der Waals surface area contributed by atoms with Gasteiger partial charge in [0.1, 0.15) is 5.82 Å². The first-order valence-electron chi connectivity index (χ1n) is 9.08. The van der Waals surface area contributed by atoms with Gasteiger partial charge in [-0.05, 0) is 24.3 Å². The number of nitrogens with one attached hydrogen (secondary N) is 1. The Kier molecular flexibility index (Phi) is 5.00. The zero-order valence-corrected chi connectivity index (χ0v) is 16.4. The fourth-order valence-corrected chi connectivity index (χ4v) is 4.93. The number of fused-ring (bicyclic) bond motifs is 1. The van der Waals surface area contributed by atoms with E-state index in [-0.39, 0.29) is 48.2 Å². The number of rotatable bonds is 4. The van der Waals surface area contributed by atoms with Crippen molar-refractivity contribution < 1.29 is 22.5 Å². The normalized spacial score (nSPS) is 15.4. The van der Waals surface area contributed by atoms with E-state index in [1.807, 2.05) is 0 Å². The second kappa shape index (κ2) is 7.50. The van der Waals surface area contributed by atoms with E-state index in [4.69, 9.17) is 0 Å². The van der Waals surface area contributed by atoms with Crippen LogP contribution >= 0.6 is 0 Å². The molecule has 1 aliphatic heterocycles. The van der Waals surface area contributed by atoms with Gasteiger partial charge in [-0.1, -0.05) is 6.07 Å². The summed E-state index contributed by atoms with van der Waals surface area (Å²) < 4.78 is 40.0. The van der Waals surface area contributed by atoms with E-state index in [0.717, 1.165) is 6.07 Å². The van der Waals surface area contributed by atoms with Crippen LogP contribution in [0.3, 0.4) is 0 Å². The number of nitro benzene ring substituents is 1. The Balaban J connectivity index is 1.52. The molecule has 0 unspecified atom stereocenters. The van der Waals surface area contributed by atoms with Crippen molar-refractivity contribution in [3.05, 3.63) is 70.2 Å². The summed E-state index contributed by atoms with van der Waals surface area (Å²) in [4.78, 5) is 27.7. The van der Waals surface area contributed by atoms with Gasteiger partial charge in [-0.25, -0.2) is 12.8 Å². The number of carbonyl (C=O) groups excluding carboxylic acids is 1. The number of hydrogen-bond donors (Lipinski definition) is 1. The Morgan fingerprint density at radius 1 is 1.10 bits per heavy atom. The molecule has 9 nitrogen and oxygen atoms in total. The average molecular weight is 432 g/mol. The summed E-state index contributed by atoms with van der Waals surface area (Å²) in [6, 6.07) is 9.01. The summed E-state index contributed by atoms with van der Waals surface area (Å²) in [5.41, 5.74) is 0.758. The molecule has 1 N–H and O–H groups in total. The second-order valence-electron chi connectivity index (χ2n) is 6.84. The maximum atomic E-state index is 13.4. The first-order valence-corrected chi connectivity index (χ1v) is 10.5. The number of hydrogen-bond acceptors (Lipinski definition) is 5. The number of halogens is 1. The van der Waals surface area contributed by atoms with E-state index < -0.39 is 20.8 Å². The molecule has 0 bridgehead atoms. The molecule has 2 aromatic carbocycles. The van der Waals surface area contributed by atoms with Crippen molar-refractivity contribution >= 4 is 32.5 Å². The predicted molar refractivity (Wildman–Crippen MR) is 106 cm³/mol. The lowest BCUT2D eigenvalue weighted by Gasteiger charge is -2.34. The minimum Gasteiger partial charge on any atom is -0.360 e. The minimum atomic E-state index is -3.86. The van der Waals surface area contributed by atoms with E-state index in [0.29, 0.717) is 10.9 Å². The number of piperazine rings is 1. The number of sulfonamides is 1. The van der Waals surface area contributed by atoms with Crippen molar-refractivity contribution in [3.63, 3.8) is 0 Å². The van der Waals surface area contributed by atoms with Crippen LogP contribution in [-0.4, -0.2) is 59.6 Å². The Labute approximate surface area is 170 Å². The lowest BCUT2D eigenvalue weighted by molar-refractivity contribution is -0.384. The number of nitrogens with zero attached hydrogens (tertiary/aromatic N) is 3. The van der Waals surface area contributed by atoms with Gasteiger partial charge < -0.3 is 9.88 Å². The van der Waals surface area contributed by atoms with Crippen LogP contribution in [0, 0.1) is 15.9 Å². The molecule has 1 aromatic heterocycles. The molecular weight excluding hydrogens is 415 g/mol. The van der Waals surface area contributed by atoms with Gasteiger partial charge in [0.25, 0.3) is 11.6 Å². The Morgan fingerprint density at radius 3 is 2.50 bits per heavy atom. The fraction of sp³-hybridized carbons (Fsp3) is 0.211. The van der Waals surface area contributed by atoms with Crippen LogP contribution in [0.1, 0.15) is 10.4 Å². The monoisotopic (exact) mass is 432 g/mol. The first kappa shape index (κ1) is 20.0. The predicted octanol–water partition coefficient (Wildman–Crippen LogP) is 2.36. The molecule has 0 radical (unpaired) electrons. The van der Waals surface area contributed by atoms with Gasteiger partial charge in [-0.15, -0.1) is 0 Å². The van der Waals surface area contributed by atoms with Crippen molar-refractivity contribution in [2.24, 2.45) is 0 Å². The molecule has 4 rings (SSSR count). The number of amides is 1. The third-order valence-electron chi connectivity index (χ3n) is 5.07. The number of aromatic nitrogens is 1. The van der Waals surface area contributed by atoms with Crippen LogP contribution in [-0.2, 0) is 10.0 Å². The fourth-order valence-electron chi connectivity index (χ4n) is 3.48.